The molecule has 1 saturated heterocycles. The maximum absolute atomic E-state index is 12.5. The predicted molar refractivity (Wildman–Crippen MR) is 134 cm³/mol. The Morgan fingerprint density at radius 2 is 1.84 bits per heavy atom. The zero-order chi connectivity index (χ0) is 21.9. The molecule has 8 heteroatoms. The van der Waals surface area contributed by atoms with E-state index in [-0.39, 0.29) is 23.7 Å². The number of H-pyrrole nitrogens is 1. The van der Waals surface area contributed by atoms with Gasteiger partial charge < -0.3 is 15.2 Å². The van der Waals surface area contributed by atoms with E-state index in [1.165, 1.54) is 0 Å². The van der Waals surface area contributed by atoms with Crippen LogP contribution in [-0.2, 0) is 5.41 Å². The molecular formula is C23H33Cl3N4O. The minimum Gasteiger partial charge on any atom is -0.368 e. The molecule has 2 heterocycles. The van der Waals surface area contributed by atoms with Gasteiger partial charge in [0.15, 0.2) is 0 Å². The summed E-state index contributed by atoms with van der Waals surface area (Å²) in [7, 11) is 0. The third-order valence-corrected chi connectivity index (χ3v) is 6.46. The number of carbonyl (C=O) groups is 1. The van der Waals surface area contributed by atoms with E-state index in [0.717, 1.165) is 61.8 Å². The van der Waals surface area contributed by atoms with Gasteiger partial charge in [0.2, 0.25) is 0 Å². The third kappa shape index (κ3) is 6.55. The van der Waals surface area contributed by atoms with E-state index in [1.54, 1.807) is 0 Å². The Bertz CT molecular complexity index is 883. The van der Waals surface area contributed by atoms with Gasteiger partial charge in [-0.3, -0.25) is 9.69 Å². The van der Waals surface area contributed by atoms with Crippen LogP contribution in [0.5, 0.6) is 0 Å². The monoisotopic (exact) mass is 486 g/mol. The second-order valence-electron chi connectivity index (χ2n) is 8.98. The second kappa shape index (κ2) is 11.0. The zero-order valence-electron chi connectivity index (χ0n) is 18.7. The van der Waals surface area contributed by atoms with Crippen molar-refractivity contribution < 1.29 is 4.79 Å². The molecule has 0 saturated carbocycles. The van der Waals surface area contributed by atoms with Gasteiger partial charge in [-0.25, -0.2) is 0 Å². The van der Waals surface area contributed by atoms with Crippen molar-refractivity contribution in [3.05, 3.63) is 51.3 Å². The molecule has 0 atom stereocenters. The highest BCUT2D eigenvalue weighted by atomic mass is 35.5. The van der Waals surface area contributed by atoms with E-state index in [4.69, 9.17) is 23.2 Å². The summed E-state index contributed by atoms with van der Waals surface area (Å²) in [6, 6.07) is 7.75. The Hall–Kier alpha value is -1.40. The smallest absolute Gasteiger partial charge is 0.253 e. The van der Waals surface area contributed by atoms with E-state index in [1.807, 2.05) is 31.2 Å². The molecule has 2 N–H and O–H groups in total. The number of hydrogen-bond acceptors (Lipinski definition) is 3. The first-order valence-corrected chi connectivity index (χ1v) is 11.3. The summed E-state index contributed by atoms with van der Waals surface area (Å²) in [4.78, 5) is 20.6. The Morgan fingerprint density at radius 3 is 2.45 bits per heavy atom. The number of aromatic nitrogens is 1. The normalized spacial score (nSPS) is 15.0. The van der Waals surface area contributed by atoms with Crippen LogP contribution in [0.25, 0.3) is 0 Å². The Kier molecular flexibility index (Phi) is 9.14. The molecular weight excluding hydrogens is 455 g/mol. The highest BCUT2D eigenvalue weighted by Crippen LogP contribution is 2.32. The van der Waals surface area contributed by atoms with Crippen LogP contribution < -0.4 is 10.2 Å². The molecule has 0 spiro atoms. The summed E-state index contributed by atoms with van der Waals surface area (Å²) < 4.78 is 0. The van der Waals surface area contributed by atoms with Gasteiger partial charge in [-0.15, -0.1) is 12.4 Å². The van der Waals surface area contributed by atoms with Gasteiger partial charge in [-0.05, 0) is 38.1 Å². The van der Waals surface area contributed by atoms with Crippen molar-refractivity contribution in [1.29, 1.82) is 0 Å². The molecule has 1 aromatic heterocycles. The molecule has 0 bridgehead atoms. The molecule has 0 radical (unpaired) electrons. The van der Waals surface area contributed by atoms with Gasteiger partial charge in [-0.1, -0.05) is 50.0 Å². The van der Waals surface area contributed by atoms with E-state index >= 15 is 0 Å². The van der Waals surface area contributed by atoms with Crippen LogP contribution in [0.1, 0.15) is 48.9 Å². The van der Waals surface area contributed by atoms with Crippen molar-refractivity contribution in [2.24, 2.45) is 0 Å². The van der Waals surface area contributed by atoms with Crippen LogP contribution in [0, 0.1) is 6.92 Å². The largest absolute Gasteiger partial charge is 0.368 e. The second-order valence-corrected chi connectivity index (χ2v) is 9.77. The van der Waals surface area contributed by atoms with E-state index < -0.39 is 0 Å². The predicted octanol–water partition coefficient (Wildman–Crippen LogP) is 5.29. The lowest BCUT2D eigenvalue weighted by Gasteiger charge is -2.36. The molecule has 31 heavy (non-hydrogen) atoms. The summed E-state index contributed by atoms with van der Waals surface area (Å²) in [5.74, 6) is -0.000308. The highest BCUT2D eigenvalue weighted by Gasteiger charge is 2.21. The van der Waals surface area contributed by atoms with Gasteiger partial charge in [0.05, 0.1) is 21.3 Å². The first-order chi connectivity index (χ1) is 14.2. The number of aryl methyl sites for hydroxylation is 1. The molecule has 172 valence electrons. The van der Waals surface area contributed by atoms with Crippen LogP contribution in [0.2, 0.25) is 10.0 Å². The maximum atomic E-state index is 12.5. The molecule has 2 aromatic rings. The highest BCUT2D eigenvalue weighted by molar-refractivity contribution is 6.43. The molecule has 1 fully saturated rings. The number of carbonyl (C=O) groups excluding carboxylic acids is 1. The molecule has 0 aliphatic carbocycles. The van der Waals surface area contributed by atoms with Crippen molar-refractivity contribution in [1.82, 2.24) is 15.2 Å². The van der Waals surface area contributed by atoms with Crippen molar-refractivity contribution in [3.8, 4) is 0 Å². The van der Waals surface area contributed by atoms with Gasteiger partial charge in [0.1, 0.15) is 0 Å². The van der Waals surface area contributed by atoms with Crippen LogP contribution in [0.4, 0.5) is 5.69 Å². The van der Waals surface area contributed by atoms with Crippen molar-refractivity contribution >= 4 is 47.2 Å². The zero-order valence-corrected chi connectivity index (χ0v) is 21.1. The molecule has 1 aliphatic heterocycles. The Balaban J connectivity index is 0.00000341. The van der Waals surface area contributed by atoms with Crippen LogP contribution >= 0.6 is 35.6 Å². The number of piperazine rings is 1. The minimum atomic E-state index is -0.000308. The van der Waals surface area contributed by atoms with Crippen molar-refractivity contribution in [3.63, 3.8) is 0 Å². The average molecular weight is 488 g/mol. The summed E-state index contributed by atoms with van der Waals surface area (Å²) in [5.41, 5.74) is 3.76. The first kappa shape index (κ1) is 25.9. The molecule has 1 amide bonds. The van der Waals surface area contributed by atoms with E-state index in [0.29, 0.717) is 16.6 Å². The van der Waals surface area contributed by atoms with Gasteiger partial charge in [0, 0.05) is 49.5 Å². The van der Waals surface area contributed by atoms with Gasteiger partial charge in [0.25, 0.3) is 5.91 Å². The standard InChI is InChI=1S/C23H32Cl2N4O.ClH/c1-16-17(15-20(27-16)23(2,3)4)22(30)26-9-6-10-28-11-13-29(14-12-28)19-8-5-7-18(24)21(19)25;/h5,7-8,15,27H,6,9-14H2,1-4H3,(H,26,30);1H. The molecule has 5 nitrogen and oxygen atoms in total. The molecule has 0 unspecified atom stereocenters. The molecule has 1 aliphatic rings. The topological polar surface area (TPSA) is 51.4 Å². The lowest BCUT2D eigenvalue weighted by atomic mass is 9.92. The maximum Gasteiger partial charge on any atom is 0.253 e. The van der Waals surface area contributed by atoms with Crippen LogP contribution in [0.15, 0.2) is 24.3 Å². The van der Waals surface area contributed by atoms with Gasteiger partial charge in [-0.2, -0.15) is 0 Å². The number of nitrogens with one attached hydrogen (secondary N) is 2. The lowest BCUT2D eigenvalue weighted by Crippen LogP contribution is -2.47. The first-order valence-electron chi connectivity index (χ1n) is 10.6. The number of halogens is 3. The lowest BCUT2D eigenvalue weighted by molar-refractivity contribution is 0.0951. The number of aromatic amines is 1. The number of nitrogens with zero attached hydrogens (tertiary/aromatic N) is 2. The van der Waals surface area contributed by atoms with Crippen LogP contribution in [-0.4, -0.2) is 55.1 Å². The minimum absolute atomic E-state index is 0. The third-order valence-electron chi connectivity index (χ3n) is 5.65. The number of rotatable bonds is 6. The quantitative estimate of drug-likeness (QED) is 0.544. The summed E-state index contributed by atoms with van der Waals surface area (Å²) in [6.07, 6.45) is 0.930. The van der Waals surface area contributed by atoms with Crippen molar-refractivity contribution in [2.45, 2.75) is 39.5 Å². The molecule has 1 aromatic carbocycles. The molecule has 3 rings (SSSR count). The van der Waals surface area contributed by atoms with Gasteiger partial charge >= 0.3 is 0 Å². The summed E-state index contributed by atoms with van der Waals surface area (Å²) in [5, 5.41) is 4.29. The Morgan fingerprint density at radius 1 is 1.16 bits per heavy atom. The number of amides is 1. The fourth-order valence-corrected chi connectivity index (χ4v) is 4.16. The number of anilines is 1. The fraction of sp³-hybridized carbons (Fsp3) is 0.522. The summed E-state index contributed by atoms with van der Waals surface area (Å²) >= 11 is 12.5. The Labute approximate surface area is 201 Å². The SMILES string of the molecule is Cc1[nH]c(C(C)(C)C)cc1C(=O)NCCCN1CCN(c2cccc(Cl)c2Cl)CC1.Cl. The fourth-order valence-electron chi connectivity index (χ4n) is 3.75. The van der Waals surface area contributed by atoms with E-state index in [9.17, 15) is 4.79 Å². The van der Waals surface area contributed by atoms with Crippen LogP contribution in [0.3, 0.4) is 0 Å². The number of hydrogen-bond donors (Lipinski definition) is 2. The summed E-state index contributed by atoms with van der Waals surface area (Å²) in [6.45, 7) is 13.8. The number of benzene rings is 1. The van der Waals surface area contributed by atoms with Crippen molar-refractivity contribution in [2.75, 3.05) is 44.2 Å². The van der Waals surface area contributed by atoms with E-state index in [2.05, 4.69) is 40.9 Å². The average Bonchev–Trinajstić information content (AvgIpc) is 3.10.